The van der Waals surface area contributed by atoms with Gasteiger partial charge in [0.15, 0.2) is 0 Å². The fraction of sp³-hybridized carbons (Fsp3) is 0.176. The summed E-state index contributed by atoms with van der Waals surface area (Å²) in [5, 5.41) is 0.958. The molecule has 2 nitrogen and oxygen atoms in total. The van der Waals surface area contributed by atoms with E-state index in [0.717, 1.165) is 28.7 Å². The highest BCUT2D eigenvalue weighted by Crippen LogP contribution is 2.26. The SMILES string of the molecule is Cc1ccc2oc(C(N)Cc3cc(F)ccc3F)cc2c1. The van der Waals surface area contributed by atoms with E-state index in [4.69, 9.17) is 10.2 Å². The summed E-state index contributed by atoms with van der Waals surface area (Å²) in [7, 11) is 0. The molecule has 108 valence electrons. The van der Waals surface area contributed by atoms with Crippen LogP contribution in [0.15, 0.2) is 46.9 Å². The normalized spacial score (nSPS) is 12.8. The molecule has 0 radical (unpaired) electrons. The van der Waals surface area contributed by atoms with Gasteiger partial charge in [0.1, 0.15) is 23.0 Å². The predicted molar refractivity (Wildman–Crippen MR) is 77.9 cm³/mol. The van der Waals surface area contributed by atoms with Crippen LogP contribution < -0.4 is 5.73 Å². The lowest BCUT2D eigenvalue weighted by Crippen LogP contribution is -2.13. The van der Waals surface area contributed by atoms with Gasteiger partial charge in [-0.1, -0.05) is 11.6 Å². The van der Waals surface area contributed by atoms with Crippen molar-refractivity contribution in [2.45, 2.75) is 19.4 Å². The molecular weight excluding hydrogens is 272 g/mol. The monoisotopic (exact) mass is 287 g/mol. The molecular formula is C17H15F2NO. The topological polar surface area (TPSA) is 39.2 Å². The van der Waals surface area contributed by atoms with Crippen molar-refractivity contribution in [1.29, 1.82) is 0 Å². The quantitative estimate of drug-likeness (QED) is 0.781. The highest BCUT2D eigenvalue weighted by atomic mass is 19.1. The van der Waals surface area contributed by atoms with Gasteiger partial charge in [-0.15, -0.1) is 0 Å². The lowest BCUT2D eigenvalue weighted by molar-refractivity contribution is 0.486. The summed E-state index contributed by atoms with van der Waals surface area (Å²) in [5.74, 6) is -0.364. The van der Waals surface area contributed by atoms with E-state index in [1.165, 1.54) is 6.07 Å². The van der Waals surface area contributed by atoms with E-state index in [-0.39, 0.29) is 12.0 Å². The van der Waals surface area contributed by atoms with Crippen molar-refractivity contribution in [2.24, 2.45) is 5.73 Å². The molecule has 1 aromatic heterocycles. The Kier molecular flexibility index (Phi) is 3.47. The smallest absolute Gasteiger partial charge is 0.134 e. The molecule has 0 bridgehead atoms. The standard InChI is InChI=1S/C17H15F2NO/c1-10-2-5-16-12(6-10)9-17(21-16)15(20)8-11-7-13(18)3-4-14(11)19/h2-7,9,15H,8,20H2,1H3. The predicted octanol–water partition coefficient (Wildman–Crippen LogP) is 4.26. The van der Waals surface area contributed by atoms with Gasteiger partial charge in [0, 0.05) is 5.39 Å². The van der Waals surface area contributed by atoms with Crippen molar-refractivity contribution in [3.8, 4) is 0 Å². The third kappa shape index (κ3) is 2.81. The molecule has 3 aromatic rings. The van der Waals surface area contributed by atoms with E-state index in [2.05, 4.69) is 0 Å². The van der Waals surface area contributed by atoms with Crippen LogP contribution in [0.5, 0.6) is 0 Å². The number of aryl methyl sites for hydroxylation is 1. The summed E-state index contributed by atoms with van der Waals surface area (Å²) < 4.78 is 32.5. The van der Waals surface area contributed by atoms with Crippen LogP contribution in [0.4, 0.5) is 8.78 Å². The van der Waals surface area contributed by atoms with Gasteiger partial charge >= 0.3 is 0 Å². The number of furan rings is 1. The van der Waals surface area contributed by atoms with E-state index >= 15 is 0 Å². The summed E-state index contributed by atoms with van der Waals surface area (Å²) >= 11 is 0. The third-order valence-electron chi connectivity index (χ3n) is 3.50. The molecule has 0 aliphatic rings. The Morgan fingerprint density at radius 2 is 1.90 bits per heavy atom. The first kappa shape index (κ1) is 13.8. The number of hydrogen-bond donors (Lipinski definition) is 1. The Balaban J connectivity index is 1.89. The number of fused-ring (bicyclic) bond motifs is 1. The maximum absolute atomic E-state index is 13.7. The molecule has 0 fully saturated rings. The van der Waals surface area contributed by atoms with Gasteiger partial charge in [0.05, 0.1) is 6.04 Å². The molecule has 0 aliphatic heterocycles. The number of nitrogens with two attached hydrogens (primary N) is 1. The molecule has 4 heteroatoms. The average Bonchev–Trinajstić information content (AvgIpc) is 2.86. The first-order valence-electron chi connectivity index (χ1n) is 6.72. The molecule has 0 aliphatic carbocycles. The Bertz CT molecular complexity index is 795. The van der Waals surface area contributed by atoms with Crippen LogP contribution in [0.3, 0.4) is 0 Å². The van der Waals surface area contributed by atoms with Crippen molar-refractivity contribution in [2.75, 3.05) is 0 Å². The summed E-state index contributed by atoms with van der Waals surface area (Å²) in [6.07, 6.45) is 0.183. The fourth-order valence-electron chi connectivity index (χ4n) is 2.40. The molecule has 0 spiro atoms. The van der Waals surface area contributed by atoms with Gasteiger partial charge < -0.3 is 10.2 Å². The van der Waals surface area contributed by atoms with Crippen molar-refractivity contribution in [3.05, 3.63) is 71.0 Å². The van der Waals surface area contributed by atoms with E-state index in [1.54, 1.807) is 0 Å². The second-order valence-corrected chi connectivity index (χ2v) is 5.24. The Morgan fingerprint density at radius 1 is 1.10 bits per heavy atom. The van der Waals surface area contributed by atoms with Crippen LogP contribution in [0, 0.1) is 18.6 Å². The molecule has 1 heterocycles. The number of rotatable bonds is 3. The van der Waals surface area contributed by atoms with Crippen molar-refractivity contribution in [1.82, 2.24) is 0 Å². The van der Waals surface area contributed by atoms with Gasteiger partial charge in [-0.3, -0.25) is 0 Å². The Labute approximate surface area is 121 Å². The van der Waals surface area contributed by atoms with Gasteiger partial charge in [-0.2, -0.15) is 0 Å². The first-order chi connectivity index (χ1) is 10.0. The number of halogens is 2. The zero-order chi connectivity index (χ0) is 15.0. The zero-order valence-corrected chi connectivity index (χ0v) is 11.6. The van der Waals surface area contributed by atoms with Crippen molar-refractivity contribution >= 4 is 11.0 Å². The number of hydrogen-bond acceptors (Lipinski definition) is 2. The molecule has 0 amide bonds. The minimum atomic E-state index is -0.519. The van der Waals surface area contributed by atoms with Crippen molar-refractivity contribution < 1.29 is 13.2 Å². The Morgan fingerprint density at radius 3 is 2.71 bits per heavy atom. The highest BCUT2D eigenvalue weighted by molar-refractivity contribution is 5.78. The zero-order valence-electron chi connectivity index (χ0n) is 11.6. The van der Waals surface area contributed by atoms with Gasteiger partial charge in [-0.05, 0) is 55.3 Å². The van der Waals surface area contributed by atoms with Crippen LogP contribution >= 0.6 is 0 Å². The minimum absolute atomic E-state index is 0.183. The van der Waals surface area contributed by atoms with E-state index in [0.29, 0.717) is 5.76 Å². The summed E-state index contributed by atoms with van der Waals surface area (Å²) in [6.45, 7) is 1.99. The highest BCUT2D eigenvalue weighted by Gasteiger charge is 2.15. The fourth-order valence-corrected chi connectivity index (χ4v) is 2.40. The van der Waals surface area contributed by atoms with E-state index in [1.807, 2.05) is 31.2 Å². The van der Waals surface area contributed by atoms with Crippen LogP contribution in [-0.4, -0.2) is 0 Å². The molecule has 1 unspecified atom stereocenters. The van der Waals surface area contributed by atoms with E-state index < -0.39 is 17.7 Å². The summed E-state index contributed by atoms with van der Waals surface area (Å²) in [4.78, 5) is 0. The molecule has 2 N–H and O–H groups in total. The lowest BCUT2D eigenvalue weighted by atomic mass is 10.0. The third-order valence-corrected chi connectivity index (χ3v) is 3.50. The summed E-state index contributed by atoms with van der Waals surface area (Å²) in [5.41, 5.74) is 8.18. The summed E-state index contributed by atoms with van der Waals surface area (Å²) in [6, 6.07) is 10.5. The van der Waals surface area contributed by atoms with Gasteiger partial charge in [-0.25, -0.2) is 8.78 Å². The van der Waals surface area contributed by atoms with Gasteiger partial charge in [0.2, 0.25) is 0 Å². The molecule has 1 atom stereocenters. The first-order valence-corrected chi connectivity index (χ1v) is 6.72. The lowest BCUT2D eigenvalue weighted by Gasteiger charge is -2.09. The molecule has 0 saturated carbocycles. The second-order valence-electron chi connectivity index (χ2n) is 5.24. The largest absolute Gasteiger partial charge is 0.459 e. The van der Waals surface area contributed by atoms with E-state index in [9.17, 15) is 8.78 Å². The van der Waals surface area contributed by atoms with Gasteiger partial charge in [0.25, 0.3) is 0 Å². The van der Waals surface area contributed by atoms with Crippen LogP contribution in [0.2, 0.25) is 0 Å². The molecule has 3 rings (SSSR count). The Hall–Kier alpha value is -2.20. The molecule has 21 heavy (non-hydrogen) atoms. The van der Waals surface area contributed by atoms with Crippen LogP contribution in [0.25, 0.3) is 11.0 Å². The molecule has 0 saturated heterocycles. The second kappa shape index (κ2) is 5.30. The van der Waals surface area contributed by atoms with Crippen LogP contribution in [0.1, 0.15) is 22.9 Å². The van der Waals surface area contributed by atoms with Crippen molar-refractivity contribution in [3.63, 3.8) is 0 Å². The average molecular weight is 287 g/mol. The minimum Gasteiger partial charge on any atom is -0.459 e. The number of benzene rings is 2. The maximum Gasteiger partial charge on any atom is 0.134 e. The van der Waals surface area contributed by atoms with Crippen LogP contribution in [-0.2, 0) is 6.42 Å². The molecule has 2 aromatic carbocycles. The maximum atomic E-state index is 13.7.